The van der Waals surface area contributed by atoms with E-state index in [4.69, 9.17) is 9.47 Å². The summed E-state index contributed by atoms with van der Waals surface area (Å²) >= 11 is 0. The van der Waals surface area contributed by atoms with Gasteiger partial charge in [0.25, 0.3) is 0 Å². The summed E-state index contributed by atoms with van der Waals surface area (Å²) < 4.78 is 12.3. The Labute approximate surface area is 206 Å². The Bertz CT molecular complexity index is 581. The molecule has 33 heavy (non-hydrogen) atoms. The van der Waals surface area contributed by atoms with E-state index in [2.05, 4.69) is 72.8 Å². The second kappa shape index (κ2) is 18.2. The molecule has 0 aromatic heterocycles. The van der Waals surface area contributed by atoms with E-state index in [0.717, 1.165) is 51.4 Å². The van der Waals surface area contributed by atoms with Crippen LogP contribution in [-0.4, -0.2) is 30.2 Å². The molecule has 0 fully saturated rings. The van der Waals surface area contributed by atoms with E-state index in [-0.39, 0.29) is 6.29 Å². The predicted molar refractivity (Wildman–Crippen MR) is 144 cm³/mol. The smallest absolute Gasteiger partial charge is 0.158 e. The van der Waals surface area contributed by atoms with Crippen LogP contribution in [0.1, 0.15) is 114 Å². The number of rotatable bonds is 18. The molecule has 0 rings (SSSR count). The lowest BCUT2D eigenvalue weighted by molar-refractivity contribution is -0.137. The summed E-state index contributed by atoms with van der Waals surface area (Å²) in [4.78, 5) is 0. The van der Waals surface area contributed by atoms with E-state index in [1.807, 2.05) is 13.8 Å². The number of hydrogen-bond acceptors (Lipinski definition) is 3. The van der Waals surface area contributed by atoms with Crippen LogP contribution in [0.2, 0.25) is 0 Å². The standard InChI is InChI=1S/C30H54O3/c1-24(2)13-10-15-26(5)18-21-32-29(23-28(7)17-12-20-30(8,9)31)33-22-19-27(6)16-11-14-25(3)4/h13-14,18-19,28-29,31H,10-12,15-17,20-23H2,1-9H3/b26-18+,27-19+. The van der Waals surface area contributed by atoms with Gasteiger partial charge in [0.1, 0.15) is 0 Å². The summed E-state index contributed by atoms with van der Waals surface area (Å²) in [5, 5.41) is 9.96. The van der Waals surface area contributed by atoms with E-state index in [0.29, 0.717) is 19.1 Å². The van der Waals surface area contributed by atoms with Gasteiger partial charge in [0.05, 0.1) is 18.8 Å². The van der Waals surface area contributed by atoms with Crippen molar-refractivity contribution in [3.05, 3.63) is 46.6 Å². The number of ether oxygens (including phenoxy) is 2. The van der Waals surface area contributed by atoms with Gasteiger partial charge in [-0.3, -0.25) is 0 Å². The molecule has 0 aromatic carbocycles. The summed E-state index contributed by atoms with van der Waals surface area (Å²) in [7, 11) is 0. The van der Waals surface area contributed by atoms with Crippen molar-refractivity contribution in [1.29, 1.82) is 0 Å². The Kier molecular flexibility index (Phi) is 17.6. The van der Waals surface area contributed by atoms with Crippen LogP contribution in [0.3, 0.4) is 0 Å². The molecule has 192 valence electrons. The Hall–Kier alpha value is -1.16. The van der Waals surface area contributed by atoms with Crippen molar-refractivity contribution in [2.45, 2.75) is 126 Å². The van der Waals surface area contributed by atoms with Crippen molar-refractivity contribution < 1.29 is 14.6 Å². The molecule has 0 saturated carbocycles. The van der Waals surface area contributed by atoms with Gasteiger partial charge in [0, 0.05) is 6.42 Å². The number of allylic oxidation sites excluding steroid dienone is 6. The van der Waals surface area contributed by atoms with Crippen LogP contribution in [0.5, 0.6) is 0 Å². The third-order valence-electron chi connectivity index (χ3n) is 5.69. The van der Waals surface area contributed by atoms with Crippen molar-refractivity contribution in [2.24, 2.45) is 5.92 Å². The lowest BCUT2D eigenvalue weighted by Gasteiger charge is -2.23. The van der Waals surface area contributed by atoms with Crippen LogP contribution in [0.4, 0.5) is 0 Å². The largest absolute Gasteiger partial charge is 0.390 e. The third kappa shape index (κ3) is 22.4. The summed E-state index contributed by atoms with van der Waals surface area (Å²) in [5.74, 6) is 0.489. The molecule has 3 heteroatoms. The van der Waals surface area contributed by atoms with E-state index in [1.165, 1.54) is 22.3 Å². The quantitative estimate of drug-likeness (QED) is 0.163. The molecule has 0 aliphatic carbocycles. The summed E-state index contributed by atoms with van der Waals surface area (Å²) in [6.45, 7) is 20.1. The molecule has 0 aliphatic rings. The molecule has 1 unspecified atom stereocenters. The maximum Gasteiger partial charge on any atom is 0.158 e. The molecule has 0 aromatic rings. The van der Waals surface area contributed by atoms with Crippen LogP contribution >= 0.6 is 0 Å². The van der Waals surface area contributed by atoms with Gasteiger partial charge in [-0.2, -0.15) is 0 Å². The van der Waals surface area contributed by atoms with E-state index in [9.17, 15) is 5.11 Å². The Balaban J connectivity index is 4.73. The molecule has 0 heterocycles. The van der Waals surface area contributed by atoms with Gasteiger partial charge in [0.2, 0.25) is 0 Å². The molecule has 0 radical (unpaired) electrons. The average molecular weight is 463 g/mol. The van der Waals surface area contributed by atoms with E-state index >= 15 is 0 Å². The van der Waals surface area contributed by atoms with Crippen LogP contribution in [-0.2, 0) is 9.47 Å². The van der Waals surface area contributed by atoms with Gasteiger partial charge in [-0.1, -0.05) is 66.4 Å². The van der Waals surface area contributed by atoms with Crippen molar-refractivity contribution in [3.8, 4) is 0 Å². The highest BCUT2D eigenvalue weighted by molar-refractivity contribution is 5.03. The fourth-order valence-corrected chi connectivity index (χ4v) is 3.49. The highest BCUT2D eigenvalue weighted by Crippen LogP contribution is 2.21. The fourth-order valence-electron chi connectivity index (χ4n) is 3.49. The first kappa shape index (κ1) is 31.8. The van der Waals surface area contributed by atoms with Gasteiger partial charge in [0.15, 0.2) is 6.29 Å². The number of aliphatic hydroxyl groups is 1. The van der Waals surface area contributed by atoms with E-state index in [1.54, 1.807) is 0 Å². The average Bonchev–Trinajstić information content (AvgIpc) is 2.66. The summed E-state index contributed by atoms with van der Waals surface area (Å²) in [6.07, 6.45) is 16.8. The summed E-state index contributed by atoms with van der Waals surface area (Å²) in [5.41, 5.74) is 4.87. The zero-order valence-electron chi connectivity index (χ0n) is 23.3. The van der Waals surface area contributed by atoms with Gasteiger partial charge in [-0.25, -0.2) is 0 Å². The van der Waals surface area contributed by atoms with Crippen molar-refractivity contribution in [1.82, 2.24) is 0 Å². The first-order valence-electron chi connectivity index (χ1n) is 12.9. The second-order valence-electron chi connectivity index (χ2n) is 10.9. The van der Waals surface area contributed by atoms with Crippen LogP contribution in [0.25, 0.3) is 0 Å². The lowest BCUT2D eigenvalue weighted by atomic mass is 9.95. The van der Waals surface area contributed by atoms with Gasteiger partial charge >= 0.3 is 0 Å². The minimum atomic E-state index is -0.590. The van der Waals surface area contributed by atoms with E-state index < -0.39 is 5.60 Å². The van der Waals surface area contributed by atoms with Gasteiger partial charge in [-0.05, 0) is 93.4 Å². The van der Waals surface area contributed by atoms with Crippen molar-refractivity contribution >= 4 is 0 Å². The Morgan fingerprint density at radius 1 is 0.788 bits per heavy atom. The molecule has 0 saturated heterocycles. The normalized spacial score (nSPS) is 14.7. The molecule has 1 atom stereocenters. The minimum absolute atomic E-state index is 0.203. The Morgan fingerprint density at radius 2 is 1.24 bits per heavy atom. The van der Waals surface area contributed by atoms with Gasteiger partial charge < -0.3 is 14.6 Å². The lowest BCUT2D eigenvalue weighted by Crippen LogP contribution is -2.22. The van der Waals surface area contributed by atoms with Crippen LogP contribution in [0.15, 0.2) is 46.6 Å². The van der Waals surface area contributed by atoms with Crippen molar-refractivity contribution in [2.75, 3.05) is 13.2 Å². The van der Waals surface area contributed by atoms with Crippen LogP contribution < -0.4 is 0 Å². The molecular formula is C30H54O3. The SMILES string of the molecule is CC(C)=CCC/C(C)=C/COC(CC(C)CCCC(C)(C)O)OC/C=C(\C)CCC=C(C)C. The zero-order valence-corrected chi connectivity index (χ0v) is 23.3. The van der Waals surface area contributed by atoms with Gasteiger partial charge in [-0.15, -0.1) is 0 Å². The molecule has 0 aliphatic heterocycles. The Morgan fingerprint density at radius 3 is 1.64 bits per heavy atom. The highest BCUT2D eigenvalue weighted by Gasteiger charge is 2.16. The molecule has 0 bridgehead atoms. The maximum absolute atomic E-state index is 9.96. The second-order valence-corrected chi connectivity index (χ2v) is 10.9. The fraction of sp³-hybridized carbons (Fsp3) is 0.733. The maximum atomic E-state index is 9.96. The molecule has 0 spiro atoms. The van der Waals surface area contributed by atoms with Crippen LogP contribution in [0, 0.1) is 5.92 Å². The molecule has 1 N–H and O–H groups in total. The number of hydrogen-bond donors (Lipinski definition) is 1. The topological polar surface area (TPSA) is 38.7 Å². The highest BCUT2D eigenvalue weighted by atomic mass is 16.7. The molecular weight excluding hydrogens is 408 g/mol. The zero-order chi connectivity index (χ0) is 25.3. The minimum Gasteiger partial charge on any atom is -0.390 e. The first-order valence-corrected chi connectivity index (χ1v) is 12.9. The predicted octanol–water partition coefficient (Wildman–Crippen LogP) is 8.70. The monoisotopic (exact) mass is 462 g/mol. The third-order valence-corrected chi connectivity index (χ3v) is 5.69. The first-order chi connectivity index (χ1) is 15.4. The summed E-state index contributed by atoms with van der Waals surface area (Å²) in [6, 6.07) is 0. The van der Waals surface area contributed by atoms with Crippen molar-refractivity contribution in [3.63, 3.8) is 0 Å². The molecule has 0 amide bonds. The molecule has 3 nitrogen and oxygen atoms in total.